The molecule has 0 spiro atoms. The van der Waals surface area contributed by atoms with Crippen LogP contribution in [-0.4, -0.2) is 142 Å². The van der Waals surface area contributed by atoms with Crippen LogP contribution in [0.5, 0.6) is 0 Å². The predicted octanol–water partition coefficient (Wildman–Crippen LogP) is 6.07. The first-order valence-electron chi connectivity index (χ1n) is 23.9. The standard InChI is InChI=1S/C47H86O14/c1-3-5-7-9-11-13-15-17-19-21-23-25-27-29-31-56-33-36(59-39(49)30-28-26-24-22-20-18-16-14-12-10-8-6-4-2)34-57-46-45(55)43(53)41(51)38(61-46)35-58-47-44(54)42(52)40(50)37(32-48)60-47/h8,10,14,16,36-38,40-48,50-55H,3-7,9,11-13,15,17-35H2,1-2H3/b10-8-,16-14-. The number of esters is 1. The molecular formula is C47H86O14. The average molecular weight is 875 g/mol. The summed E-state index contributed by atoms with van der Waals surface area (Å²) in [7, 11) is 0. The highest BCUT2D eigenvalue weighted by atomic mass is 16.7. The number of hydrogen-bond donors (Lipinski definition) is 7. The predicted molar refractivity (Wildman–Crippen MR) is 233 cm³/mol. The van der Waals surface area contributed by atoms with Crippen molar-refractivity contribution in [2.75, 3.05) is 33.0 Å². The van der Waals surface area contributed by atoms with Gasteiger partial charge in [-0.2, -0.15) is 0 Å². The fourth-order valence-corrected chi connectivity index (χ4v) is 7.50. The van der Waals surface area contributed by atoms with E-state index in [2.05, 4.69) is 38.2 Å². The molecule has 0 aromatic carbocycles. The molecule has 2 saturated heterocycles. The van der Waals surface area contributed by atoms with E-state index >= 15 is 0 Å². The second-order valence-electron chi connectivity index (χ2n) is 16.9. The topological polar surface area (TPSA) is 214 Å². The summed E-state index contributed by atoms with van der Waals surface area (Å²) in [5.41, 5.74) is 0. The van der Waals surface area contributed by atoms with Gasteiger partial charge in [0.2, 0.25) is 0 Å². The maximum absolute atomic E-state index is 12.9. The van der Waals surface area contributed by atoms with E-state index in [0.717, 1.165) is 64.2 Å². The average Bonchev–Trinajstić information content (AvgIpc) is 3.25. The van der Waals surface area contributed by atoms with Crippen LogP contribution in [-0.2, 0) is 33.2 Å². The monoisotopic (exact) mass is 875 g/mol. The lowest BCUT2D eigenvalue weighted by molar-refractivity contribution is -0.332. The van der Waals surface area contributed by atoms with Crippen molar-refractivity contribution in [3.8, 4) is 0 Å². The molecule has 7 N–H and O–H groups in total. The number of hydrogen-bond acceptors (Lipinski definition) is 14. The summed E-state index contributed by atoms with van der Waals surface area (Å²) in [4.78, 5) is 12.9. The highest BCUT2D eigenvalue weighted by molar-refractivity contribution is 5.69. The van der Waals surface area contributed by atoms with Crippen LogP contribution >= 0.6 is 0 Å². The summed E-state index contributed by atoms with van der Waals surface area (Å²) in [6.45, 7) is 3.61. The van der Waals surface area contributed by atoms with Crippen LogP contribution in [0.25, 0.3) is 0 Å². The molecule has 0 aromatic rings. The third-order valence-corrected chi connectivity index (χ3v) is 11.4. The largest absolute Gasteiger partial charge is 0.457 e. The third-order valence-electron chi connectivity index (χ3n) is 11.4. The van der Waals surface area contributed by atoms with Crippen LogP contribution in [0.3, 0.4) is 0 Å². The molecule has 358 valence electrons. The smallest absolute Gasteiger partial charge is 0.306 e. The van der Waals surface area contributed by atoms with Gasteiger partial charge in [-0.3, -0.25) is 4.79 Å². The molecule has 0 amide bonds. The summed E-state index contributed by atoms with van der Waals surface area (Å²) >= 11 is 0. The zero-order chi connectivity index (χ0) is 44.5. The summed E-state index contributed by atoms with van der Waals surface area (Å²) in [5, 5.41) is 71.9. The Morgan fingerprint density at radius 3 is 1.64 bits per heavy atom. The molecule has 14 nitrogen and oxygen atoms in total. The van der Waals surface area contributed by atoms with Crippen LogP contribution in [0, 0.1) is 0 Å². The molecule has 2 rings (SSSR count). The van der Waals surface area contributed by atoms with Crippen molar-refractivity contribution in [2.24, 2.45) is 0 Å². The van der Waals surface area contributed by atoms with Gasteiger partial charge in [0, 0.05) is 13.0 Å². The number of aliphatic hydroxyl groups is 7. The highest BCUT2D eigenvalue weighted by Gasteiger charge is 2.47. The zero-order valence-corrected chi connectivity index (χ0v) is 37.7. The number of allylic oxidation sites excluding steroid dienone is 4. The van der Waals surface area contributed by atoms with E-state index in [4.69, 9.17) is 28.4 Å². The van der Waals surface area contributed by atoms with Gasteiger partial charge < -0.3 is 64.2 Å². The Labute approximate surface area is 367 Å². The quantitative estimate of drug-likeness (QED) is 0.0215. The molecule has 0 aromatic heterocycles. The Kier molecular flexibility index (Phi) is 32.6. The number of unbranched alkanes of at least 4 members (excludes halogenated alkanes) is 19. The molecule has 2 aliphatic heterocycles. The van der Waals surface area contributed by atoms with E-state index in [1.165, 1.54) is 77.0 Å². The van der Waals surface area contributed by atoms with Gasteiger partial charge in [0.05, 0.1) is 26.4 Å². The SMILES string of the molecule is CCC/C=C\C/C=C\CCCCCCCC(=O)OC(COCCCCCCCCCCCCCCCC)COC1OC(COC2OC(CO)C(O)C(O)C2O)C(O)C(O)C1O. The van der Waals surface area contributed by atoms with Gasteiger partial charge in [0.1, 0.15) is 54.9 Å². The lowest BCUT2D eigenvalue weighted by atomic mass is 9.98. The lowest BCUT2D eigenvalue weighted by Crippen LogP contribution is -2.61. The van der Waals surface area contributed by atoms with Crippen LogP contribution < -0.4 is 0 Å². The third kappa shape index (κ3) is 24.4. The number of aliphatic hydroxyl groups excluding tert-OH is 7. The first-order chi connectivity index (χ1) is 29.6. The molecule has 0 radical (unpaired) electrons. The number of carbonyl (C=O) groups excluding carboxylic acids is 1. The molecule has 14 heteroatoms. The fraction of sp³-hybridized carbons (Fsp3) is 0.894. The van der Waals surface area contributed by atoms with Gasteiger partial charge in [-0.15, -0.1) is 0 Å². The molecule has 2 heterocycles. The van der Waals surface area contributed by atoms with Crippen molar-refractivity contribution in [1.29, 1.82) is 0 Å². The summed E-state index contributed by atoms with van der Waals surface area (Å²) < 4.78 is 34.2. The normalized spacial score (nSPS) is 27.6. The van der Waals surface area contributed by atoms with E-state index in [1.807, 2.05) is 0 Å². The minimum atomic E-state index is -1.71. The van der Waals surface area contributed by atoms with Gasteiger partial charge in [-0.05, 0) is 38.5 Å². The fourth-order valence-electron chi connectivity index (χ4n) is 7.50. The van der Waals surface area contributed by atoms with Crippen molar-refractivity contribution in [2.45, 2.75) is 235 Å². The minimum absolute atomic E-state index is 0.0593. The Hall–Kier alpha value is -1.53. The van der Waals surface area contributed by atoms with Crippen molar-refractivity contribution in [1.82, 2.24) is 0 Å². The maximum Gasteiger partial charge on any atom is 0.306 e. The van der Waals surface area contributed by atoms with Gasteiger partial charge in [-0.25, -0.2) is 0 Å². The Morgan fingerprint density at radius 1 is 0.541 bits per heavy atom. The van der Waals surface area contributed by atoms with Crippen molar-refractivity contribution in [3.05, 3.63) is 24.3 Å². The Balaban J connectivity index is 1.80. The van der Waals surface area contributed by atoms with Crippen LogP contribution in [0.15, 0.2) is 24.3 Å². The van der Waals surface area contributed by atoms with Crippen molar-refractivity contribution < 1.29 is 69.0 Å². The minimum Gasteiger partial charge on any atom is -0.457 e. The van der Waals surface area contributed by atoms with E-state index in [-0.39, 0.29) is 25.6 Å². The molecule has 0 saturated carbocycles. The first-order valence-corrected chi connectivity index (χ1v) is 23.9. The van der Waals surface area contributed by atoms with E-state index in [1.54, 1.807) is 0 Å². The molecule has 11 atom stereocenters. The van der Waals surface area contributed by atoms with E-state index in [0.29, 0.717) is 13.0 Å². The molecule has 61 heavy (non-hydrogen) atoms. The number of ether oxygens (including phenoxy) is 6. The molecule has 2 fully saturated rings. The second-order valence-corrected chi connectivity index (χ2v) is 16.9. The summed E-state index contributed by atoms with van der Waals surface area (Å²) in [5.74, 6) is -0.390. The molecule has 0 aliphatic carbocycles. The van der Waals surface area contributed by atoms with E-state index < -0.39 is 80.7 Å². The highest BCUT2D eigenvalue weighted by Crippen LogP contribution is 2.26. The summed E-state index contributed by atoms with van der Waals surface area (Å²) in [6, 6.07) is 0. The second kappa shape index (κ2) is 35.8. The van der Waals surface area contributed by atoms with Crippen molar-refractivity contribution in [3.63, 3.8) is 0 Å². The van der Waals surface area contributed by atoms with Crippen LogP contribution in [0.4, 0.5) is 0 Å². The van der Waals surface area contributed by atoms with Gasteiger partial charge in [-0.1, -0.05) is 147 Å². The van der Waals surface area contributed by atoms with Crippen molar-refractivity contribution >= 4 is 5.97 Å². The summed E-state index contributed by atoms with van der Waals surface area (Å²) in [6.07, 6.45) is 19.6. The van der Waals surface area contributed by atoms with Gasteiger partial charge >= 0.3 is 5.97 Å². The van der Waals surface area contributed by atoms with Gasteiger partial charge in [0.15, 0.2) is 12.6 Å². The number of carbonyl (C=O) groups is 1. The van der Waals surface area contributed by atoms with Gasteiger partial charge in [0.25, 0.3) is 0 Å². The Bertz CT molecular complexity index is 1110. The first kappa shape index (κ1) is 55.6. The molecular weight excluding hydrogens is 789 g/mol. The molecule has 11 unspecified atom stereocenters. The Morgan fingerprint density at radius 2 is 1.05 bits per heavy atom. The molecule has 2 aliphatic rings. The molecule has 0 bridgehead atoms. The maximum atomic E-state index is 12.9. The van der Waals surface area contributed by atoms with Crippen LogP contribution in [0.1, 0.15) is 168 Å². The van der Waals surface area contributed by atoms with E-state index in [9.17, 15) is 40.5 Å². The lowest BCUT2D eigenvalue weighted by Gasteiger charge is -2.42. The zero-order valence-electron chi connectivity index (χ0n) is 37.7. The number of rotatable bonds is 37. The van der Waals surface area contributed by atoms with Crippen LogP contribution in [0.2, 0.25) is 0 Å².